The lowest BCUT2D eigenvalue weighted by molar-refractivity contribution is 0.232. The Balaban J connectivity index is 2.00. The van der Waals surface area contributed by atoms with E-state index < -0.39 is 0 Å². The van der Waals surface area contributed by atoms with E-state index in [1.807, 2.05) is 0 Å². The monoisotopic (exact) mass is 259 g/mol. The molecule has 1 aromatic rings. The molecule has 0 N–H and O–H groups in total. The average molecular weight is 259 g/mol. The van der Waals surface area contributed by atoms with Crippen molar-refractivity contribution in [3.63, 3.8) is 0 Å². The van der Waals surface area contributed by atoms with Crippen LogP contribution in [0, 0.1) is 12.3 Å². The summed E-state index contributed by atoms with van der Waals surface area (Å²) < 4.78 is 5.76. The minimum atomic E-state index is 0.189. The number of nitrogens with zero attached hydrogens (tertiary/aromatic N) is 1. The number of aryl methyl sites for hydroxylation is 1. The second-order valence-corrected chi connectivity index (χ2v) is 6.73. The van der Waals surface area contributed by atoms with E-state index in [-0.39, 0.29) is 5.41 Å². The predicted molar refractivity (Wildman–Crippen MR) is 80.8 cm³/mol. The second-order valence-electron chi connectivity index (χ2n) is 6.73. The first kappa shape index (κ1) is 14.1. The van der Waals surface area contributed by atoms with Gasteiger partial charge in [0, 0.05) is 6.42 Å². The summed E-state index contributed by atoms with van der Waals surface area (Å²) in [6.07, 6.45) is 0.898. The fourth-order valence-corrected chi connectivity index (χ4v) is 2.25. The fraction of sp³-hybridized carbons (Fsp3) is 0.588. The molecule has 2 rings (SSSR count). The molecule has 0 aliphatic carbocycles. The van der Waals surface area contributed by atoms with Gasteiger partial charge in [0.25, 0.3) is 0 Å². The van der Waals surface area contributed by atoms with Crippen molar-refractivity contribution in [1.29, 1.82) is 0 Å². The lowest BCUT2D eigenvalue weighted by atomic mass is 9.88. The van der Waals surface area contributed by atoms with E-state index in [0.29, 0.717) is 12.0 Å². The van der Waals surface area contributed by atoms with Gasteiger partial charge in [-0.1, -0.05) is 57.5 Å². The Morgan fingerprint density at radius 2 is 1.89 bits per heavy atom. The minimum Gasteiger partial charge on any atom is -0.479 e. The lowest BCUT2D eigenvalue weighted by Gasteiger charge is -2.21. The van der Waals surface area contributed by atoms with Crippen molar-refractivity contribution in [2.75, 3.05) is 6.61 Å². The first-order valence-corrected chi connectivity index (χ1v) is 7.12. The summed E-state index contributed by atoms with van der Waals surface area (Å²) >= 11 is 0. The van der Waals surface area contributed by atoms with Crippen LogP contribution >= 0.6 is 0 Å². The maximum absolute atomic E-state index is 5.76. The van der Waals surface area contributed by atoms with E-state index >= 15 is 0 Å². The summed E-state index contributed by atoms with van der Waals surface area (Å²) in [7, 11) is 0. The highest BCUT2D eigenvalue weighted by molar-refractivity contribution is 5.78. The van der Waals surface area contributed by atoms with Crippen LogP contribution in [0.4, 0.5) is 0 Å². The molecule has 2 atom stereocenters. The van der Waals surface area contributed by atoms with Crippen LogP contribution in [0.25, 0.3) is 0 Å². The fourth-order valence-electron chi connectivity index (χ4n) is 2.25. The molecular weight excluding hydrogens is 234 g/mol. The Morgan fingerprint density at radius 3 is 2.42 bits per heavy atom. The summed E-state index contributed by atoms with van der Waals surface area (Å²) in [5, 5.41) is 0. The molecule has 0 amide bonds. The number of rotatable bonds is 3. The summed E-state index contributed by atoms with van der Waals surface area (Å²) in [5.74, 6) is 1.38. The van der Waals surface area contributed by atoms with Crippen LogP contribution in [-0.4, -0.2) is 18.5 Å². The van der Waals surface area contributed by atoms with Crippen LogP contribution in [0.5, 0.6) is 0 Å². The molecular formula is C17H25NO. The molecule has 19 heavy (non-hydrogen) atoms. The Hall–Kier alpha value is -1.31. The van der Waals surface area contributed by atoms with Crippen molar-refractivity contribution < 1.29 is 4.74 Å². The van der Waals surface area contributed by atoms with Gasteiger partial charge in [0.2, 0.25) is 0 Å². The standard InChI is InChI=1S/C17H25NO/c1-12-6-8-14(9-7-12)13(2)10-16-18-15(11-19-16)17(3,4)5/h6-9,13,15H,10-11H2,1-5H3/t13-,15+/m0/s1. The van der Waals surface area contributed by atoms with E-state index in [1.165, 1.54) is 11.1 Å². The van der Waals surface area contributed by atoms with E-state index in [4.69, 9.17) is 9.73 Å². The Labute approximate surface area is 116 Å². The molecule has 1 aliphatic heterocycles. The van der Waals surface area contributed by atoms with Gasteiger partial charge in [-0.15, -0.1) is 0 Å². The third kappa shape index (κ3) is 3.59. The molecule has 2 heteroatoms. The summed E-state index contributed by atoms with van der Waals surface area (Å²) in [4.78, 5) is 4.74. The Bertz CT molecular complexity index is 453. The SMILES string of the molecule is Cc1ccc([C@@H](C)CC2=N[C@@H](C(C)(C)C)CO2)cc1. The molecule has 0 saturated heterocycles. The number of ether oxygens (including phenoxy) is 1. The van der Waals surface area contributed by atoms with E-state index in [9.17, 15) is 0 Å². The van der Waals surface area contributed by atoms with Crippen molar-refractivity contribution >= 4 is 5.90 Å². The number of aliphatic imine (C=N–C) groups is 1. The van der Waals surface area contributed by atoms with E-state index in [2.05, 4.69) is 58.9 Å². The molecule has 1 aromatic carbocycles. The van der Waals surface area contributed by atoms with Gasteiger partial charge < -0.3 is 4.74 Å². The van der Waals surface area contributed by atoms with Gasteiger partial charge in [-0.2, -0.15) is 0 Å². The topological polar surface area (TPSA) is 21.6 Å². The third-order valence-corrected chi connectivity index (χ3v) is 3.83. The van der Waals surface area contributed by atoms with Crippen molar-refractivity contribution in [2.45, 2.75) is 53.0 Å². The maximum Gasteiger partial charge on any atom is 0.184 e. The highest BCUT2D eigenvalue weighted by Gasteiger charge is 2.30. The van der Waals surface area contributed by atoms with Crippen LogP contribution in [-0.2, 0) is 4.74 Å². The average Bonchev–Trinajstić information content (AvgIpc) is 2.78. The number of hydrogen-bond acceptors (Lipinski definition) is 2. The Kier molecular flexibility index (Phi) is 3.98. The molecule has 1 aliphatic rings. The Morgan fingerprint density at radius 1 is 1.26 bits per heavy atom. The van der Waals surface area contributed by atoms with Gasteiger partial charge in [-0.25, -0.2) is 4.99 Å². The molecule has 1 heterocycles. The van der Waals surface area contributed by atoms with Gasteiger partial charge in [0.15, 0.2) is 5.90 Å². The largest absolute Gasteiger partial charge is 0.479 e. The molecule has 2 nitrogen and oxygen atoms in total. The quantitative estimate of drug-likeness (QED) is 0.791. The molecule has 104 valence electrons. The van der Waals surface area contributed by atoms with Gasteiger partial charge >= 0.3 is 0 Å². The highest BCUT2D eigenvalue weighted by atomic mass is 16.5. The lowest BCUT2D eigenvalue weighted by Crippen LogP contribution is -2.25. The van der Waals surface area contributed by atoms with Crippen LogP contribution in [0.1, 0.15) is 51.2 Å². The van der Waals surface area contributed by atoms with Crippen LogP contribution < -0.4 is 0 Å². The zero-order valence-electron chi connectivity index (χ0n) is 12.7. The third-order valence-electron chi connectivity index (χ3n) is 3.83. The minimum absolute atomic E-state index is 0.189. The van der Waals surface area contributed by atoms with Gasteiger partial charge in [0.05, 0.1) is 6.04 Å². The van der Waals surface area contributed by atoms with E-state index in [0.717, 1.165) is 18.9 Å². The van der Waals surface area contributed by atoms with Crippen molar-refractivity contribution in [1.82, 2.24) is 0 Å². The van der Waals surface area contributed by atoms with Crippen molar-refractivity contribution in [2.24, 2.45) is 10.4 Å². The van der Waals surface area contributed by atoms with Crippen molar-refractivity contribution in [3.8, 4) is 0 Å². The second kappa shape index (κ2) is 5.36. The smallest absolute Gasteiger partial charge is 0.184 e. The predicted octanol–water partition coefficient (Wildman–Crippen LogP) is 4.33. The molecule has 0 saturated carbocycles. The maximum atomic E-state index is 5.76. The first-order valence-electron chi connectivity index (χ1n) is 7.12. The number of benzene rings is 1. The molecule has 0 bridgehead atoms. The molecule has 0 radical (unpaired) electrons. The van der Waals surface area contributed by atoms with Crippen LogP contribution in [0.15, 0.2) is 29.3 Å². The molecule has 0 fully saturated rings. The summed E-state index contributed by atoms with van der Waals surface area (Å²) in [6, 6.07) is 9.04. The zero-order chi connectivity index (χ0) is 14.0. The zero-order valence-corrected chi connectivity index (χ0v) is 12.7. The van der Waals surface area contributed by atoms with Gasteiger partial charge in [-0.3, -0.25) is 0 Å². The highest BCUT2D eigenvalue weighted by Crippen LogP contribution is 2.28. The summed E-state index contributed by atoms with van der Waals surface area (Å²) in [6.45, 7) is 11.7. The van der Waals surface area contributed by atoms with Crippen molar-refractivity contribution in [3.05, 3.63) is 35.4 Å². The normalized spacial score (nSPS) is 20.9. The number of hydrogen-bond donors (Lipinski definition) is 0. The molecule has 0 aromatic heterocycles. The first-order chi connectivity index (χ1) is 8.86. The molecule has 0 unspecified atom stereocenters. The van der Waals surface area contributed by atoms with E-state index in [1.54, 1.807) is 0 Å². The van der Waals surface area contributed by atoms with Gasteiger partial charge in [0.1, 0.15) is 6.61 Å². The van der Waals surface area contributed by atoms with Gasteiger partial charge in [-0.05, 0) is 23.8 Å². The molecule has 0 spiro atoms. The van der Waals surface area contributed by atoms with Crippen LogP contribution in [0.2, 0.25) is 0 Å². The van der Waals surface area contributed by atoms with Crippen LogP contribution in [0.3, 0.4) is 0 Å². The summed E-state index contributed by atoms with van der Waals surface area (Å²) in [5.41, 5.74) is 2.85.